The normalized spacial score (nSPS) is 26.3. The molecule has 45 heavy (non-hydrogen) atoms. The van der Waals surface area contributed by atoms with Gasteiger partial charge in [-0.1, -0.05) is 66.7 Å². The molecular weight excluding hydrogens is 603 g/mol. The van der Waals surface area contributed by atoms with Crippen molar-refractivity contribution in [2.45, 2.75) is 122 Å². The summed E-state index contributed by atoms with van der Waals surface area (Å²) in [5.41, 5.74) is 0.530. The lowest BCUT2D eigenvalue weighted by molar-refractivity contribution is -0.0877. The van der Waals surface area contributed by atoms with Crippen LogP contribution in [0.3, 0.4) is 0 Å². The minimum absolute atomic E-state index is 0.0365. The molecule has 1 aromatic carbocycles. The molecule has 2 aliphatic rings. The maximum absolute atomic E-state index is 10.5. The van der Waals surface area contributed by atoms with Crippen molar-refractivity contribution in [2.24, 2.45) is 17.8 Å². The standard InChI is InChI=1S/C34H61BO8Si2/c1-13-27-23-39-35(36)42-30(27)29(24-40-44(11,12)33(6,7)8)32(43-45(14-2,15-3)16-4)34(9)31(41-34)25(5)21-38-22-26-17-19-28(37-10)20-18-26/h13,17-20,25,27,29-32,36H,1,14-16,21-24H2,2-12H3/t25-,27-,29-,30+,31+,32-,34-/m0/s1. The molecule has 0 radical (unpaired) electrons. The highest BCUT2D eigenvalue weighted by Crippen LogP contribution is 2.51. The summed E-state index contributed by atoms with van der Waals surface area (Å²) in [4.78, 5) is 0. The number of ether oxygens (including phenoxy) is 3. The molecule has 3 rings (SSSR count). The zero-order valence-electron chi connectivity index (χ0n) is 29.9. The van der Waals surface area contributed by atoms with E-state index in [0.717, 1.165) is 29.4 Å². The van der Waals surface area contributed by atoms with Gasteiger partial charge in [0.2, 0.25) is 0 Å². The Balaban J connectivity index is 1.92. The molecule has 0 saturated carbocycles. The van der Waals surface area contributed by atoms with Crippen molar-refractivity contribution < 1.29 is 37.4 Å². The molecule has 7 atom stereocenters. The van der Waals surface area contributed by atoms with Gasteiger partial charge in [0.05, 0.1) is 38.6 Å². The fourth-order valence-electron chi connectivity index (χ4n) is 6.28. The fraction of sp³-hybridized carbons (Fsp3) is 0.765. The molecule has 0 amide bonds. The number of hydrogen-bond donors (Lipinski definition) is 1. The molecule has 11 heteroatoms. The first kappa shape index (κ1) is 38.4. The van der Waals surface area contributed by atoms with E-state index in [2.05, 4.69) is 75.1 Å². The lowest BCUT2D eigenvalue weighted by Crippen LogP contribution is -2.58. The van der Waals surface area contributed by atoms with Gasteiger partial charge in [0, 0.05) is 31.0 Å². The third-order valence-corrected chi connectivity index (χ3v) is 19.9. The molecule has 0 spiro atoms. The molecule has 256 valence electrons. The summed E-state index contributed by atoms with van der Waals surface area (Å²) in [6.07, 6.45) is 1.11. The van der Waals surface area contributed by atoms with Crippen molar-refractivity contribution >= 4 is 24.0 Å². The Labute approximate surface area is 275 Å². The molecular formula is C34H61BO8Si2. The highest BCUT2D eigenvalue weighted by molar-refractivity contribution is 6.74. The highest BCUT2D eigenvalue weighted by atomic mass is 28.4. The summed E-state index contributed by atoms with van der Waals surface area (Å²) in [6, 6.07) is 11.0. The summed E-state index contributed by atoms with van der Waals surface area (Å²) < 4.78 is 44.2. The number of benzene rings is 1. The average Bonchev–Trinajstić information content (AvgIpc) is 3.71. The van der Waals surface area contributed by atoms with E-state index in [1.807, 2.05) is 30.3 Å². The molecule has 8 nitrogen and oxygen atoms in total. The van der Waals surface area contributed by atoms with Crippen LogP contribution in [0.1, 0.15) is 61.0 Å². The van der Waals surface area contributed by atoms with Gasteiger partial charge >= 0.3 is 7.32 Å². The van der Waals surface area contributed by atoms with Crippen LogP contribution in [-0.2, 0) is 34.2 Å². The van der Waals surface area contributed by atoms with Gasteiger partial charge in [-0.15, -0.1) is 6.58 Å². The van der Waals surface area contributed by atoms with Gasteiger partial charge in [-0.25, -0.2) is 0 Å². The Kier molecular flexibility index (Phi) is 13.6. The van der Waals surface area contributed by atoms with Crippen LogP contribution in [0.15, 0.2) is 36.9 Å². The Morgan fingerprint density at radius 1 is 1.11 bits per heavy atom. The maximum atomic E-state index is 10.5. The first-order valence-electron chi connectivity index (χ1n) is 16.9. The fourth-order valence-corrected chi connectivity index (χ4v) is 10.3. The van der Waals surface area contributed by atoms with Crippen molar-refractivity contribution in [3.63, 3.8) is 0 Å². The third-order valence-electron chi connectivity index (χ3n) is 10.8. The van der Waals surface area contributed by atoms with Crippen LogP contribution in [0.4, 0.5) is 0 Å². The molecule has 2 saturated heterocycles. The Morgan fingerprint density at radius 2 is 1.73 bits per heavy atom. The van der Waals surface area contributed by atoms with Crippen molar-refractivity contribution in [1.29, 1.82) is 0 Å². The van der Waals surface area contributed by atoms with E-state index < -0.39 is 35.7 Å². The second-order valence-electron chi connectivity index (χ2n) is 14.7. The minimum Gasteiger partial charge on any atom is -0.497 e. The average molecular weight is 665 g/mol. The number of methoxy groups -OCH3 is 1. The second-order valence-corrected chi connectivity index (χ2v) is 24.3. The second kappa shape index (κ2) is 15.9. The SMILES string of the molecule is C=C[C@H]1COB(O)O[C@H]1[C@H](CO[Si](C)(C)C(C)(C)C)[C@H](O[Si](CC)(CC)CC)[C@@]1(C)O[C@@H]1[C@@H](C)COCc1ccc(OC)cc1. The molecule has 2 aliphatic heterocycles. The Bertz CT molecular complexity index is 1060. The molecule has 0 bridgehead atoms. The molecule has 2 heterocycles. The van der Waals surface area contributed by atoms with Crippen LogP contribution in [0.2, 0.25) is 36.3 Å². The van der Waals surface area contributed by atoms with Crippen LogP contribution in [0, 0.1) is 17.8 Å². The largest absolute Gasteiger partial charge is 0.636 e. The first-order valence-corrected chi connectivity index (χ1v) is 22.3. The Hall–Kier alpha value is -1.02. The number of epoxide rings is 1. The van der Waals surface area contributed by atoms with Crippen molar-refractivity contribution in [3.8, 4) is 5.75 Å². The van der Waals surface area contributed by atoms with E-state index in [4.69, 9.17) is 32.4 Å². The number of rotatable bonds is 18. The van der Waals surface area contributed by atoms with Gasteiger partial charge in [0.25, 0.3) is 0 Å². The summed E-state index contributed by atoms with van der Waals surface area (Å²) in [5, 5.41) is 10.6. The lowest BCUT2D eigenvalue weighted by atomic mass is 9.79. The van der Waals surface area contributed by atoms with E-state index in [0.29, 0.717) is 26.4 Å². The molecule has 0 aromatic heterocycles. The summed E-state index contributed by atoms with van der Waals surface area (Å²) >= 11 is 0. The molecule has 2 fully saturated rings. The van der Waals surface area contributed by atoms with E-state index >= 15 is 0 Å². The van der Waals surface area contributed by atoms with Gasteiger partial charge in [0.15, 0.2) is 16.6 Å². The number of hydrogen-bond acceptors (Lipinski definition) is 8. The van der Waals surface area contributed by atoms with Crippen LogP contribution in [0.25, 0.3) is 0 Å². The van der Waals surface area contributed by atoms with Gasteiger partial charge < -0.3 is 37.4 Å². The molecule has 1 aromatic rings. The maximum Gasteiger partial charge on any atom is 0.636 e. The summed E-state index contributed by atoms with van der Waals surface area (Å²) in [5.74, 6) is 0.635. The summed E-state index contributed by atoms with van der Waals surface area (Å²) in [6.45, 7) is 28.4. The molecule has 1 N–H and O–H groups in total. The van der Waals surface area contributed by atoms with Crippen molar-refractivity contribution in [1.82, 2.24) is 0 Å². The first-order chi connectivity index (χ1) is 21.1. The third kappa shape index (κ3) is 9.32. The topological polar surface area (TPSA) is 88.1 Å². The van der Waals surface area contributed by atoms with Gasteiger partial charge in [0.1, 0.15) is 11.4 Å². The highest BCUT2D eigenvalue weighted by Gasteiger charge is 2.64. The zero-order valence-corrected chi connectivity index (χ0v) is 31.9. The minimum atomic E-state index is -2.13. The molecule has 0 aliphatic carbocycles. The monoisotopic (exact) mass is 664 g/mol. The van der Waals surface area contributed by atoms with Crippen LogP contribution >= 0.6 is 0 Å². The quantitative estimate of drug-likeness (QED) is 0.1000. The van der Waals surface area contributed by atoms with Crippen LogP contribution in [-0.4, -0.2) is 79.8 Å². The Morgan fingerprint density at radius 3 is 2.27 bits per heavy atom. The lowest BCUT2D eigenvalue weighted by Gasteiger charge is -2.46. The van der Waals surface area contributed by atoms with Crippen molar-refractivity contribution in [3.05, 3.63) is 42.5 Å². The molecule has 0 unspecified atom stereocenters. The summed E-state index contributed by atoms with van der Waals surface area (Å²) in [7, 11) is -3.89. The van der Waals surface area contributed by atoms with E-state index in [9.17, 15) is 5.02 Å². The zero-order chi connectivity index (χ0) is 33.6. The van der Waals surface area contributed by atoms with Crippen molar-refractivity contribution in [2.75, 3.05) is 26.9 Å². The predicted octanol–water partition coefficient (Wildman–Crippen LogP) is 7.23. The van der Waals surface area contributed by atoms with Gasteiger partial charge in [-0.2, -0.15) is 0 Å². The predicted molar refractivity (Wildman–Crippen MR) is 186 cm³/mol. The van der Waals surface area contributed by atoms with Crippen LogP contribution in [0.5, 0.6) is 5.75 Å². The smallest absolute Gasteiger partial charge is 0.497 e. The van der Waals surface area contributed by atoms with E-state index in [1.165, 1.54) is 0 Å². The van der Waals surface area contributed by atoms with E-state index in [-0.39, 0.29) is 35.0 Å². The van der Waals surface area contributed by atoms with Gasteiger partial charge in [-0.3, -0.25) is 0 Å². The van der Waals surface area contributed by atoms with Gasteiger partial charge in [-0.05, 0) is 60.9 Å². The van der Waals surface area contributed by atoms with E-state index in [1.54, 1.807) is 7.11 Å². The van der Waals surface area contributed by atoms with Crippen LogP contribution < -0.4 is 4.74 Å².